The van der Waals surface area contributed by atoms with Crippen LogP contribution < -0.4 is 11.3 Å². The van der Waals surface area contributed by atoms with Crippen LogP contribution in [0.2, 0.25) is 0 Å². The number of nitrogens with zero attached hydrogens (tertiary/aromatic N) is 2. The lowest BCUT2D eigenvalue weighted by atomic mass is 9.97. The molecule has 1 unspecified atom stereocenters. The predicted octanol–water partition coefficient (Wildman–Crippen LogP) is 2.77. The summed E-state index contributed by atoms with van der Waals surface area (Å²) >= 11 is 0. The molecule has 0 aliphatic heterocycles. The second-order valence-electron chi connectivity index (χ2n) is 5.43. The highest BCUT2D eigenvalue weighted by Gasteiger charge is 2.19. The van der Waals surface area contributed by atoms with Crippen molar-refractivity contribution in [2.75, 3.05) is 0 Å². The molecule has 4 nitrogen and oxygen atoms in total. The quantitative estimate of drug-likeness (QED) is 0.578. The highest BCUT2D eigenvalue weighted by molar-refractivity contribution is 5.06. The van der Waals surface area contributed by atoms with Gasteiger partial charge in [-0.15, -0.1) is 0 Å². The average molecular weight is 250 g/mol. The first-order valence-electron chi connectivity index (χ1n) is 7.33. The lowest BCUT2D eigenvalue weighted by molar-refractivity contribution is 0.395. The van der Waals surface area contributed by atoms with Crippen LogP contribution in [-0.4, -0.2) is 9.78 Å². The monoisotopic (exact) mass is 250 g/mol. The molecule has 1 heterocycles. The van der Waals surface area contributed by atoms with Crippen molar-refractivity contribution in [1.29, 1.82) is 0 Å². The van der Waals surface area contributed by atoms with Crippen LogP contribution in [-0.2, 0) is 6.54 Å². The third kappa shape index (κ3) is 3.33. The Morgan fingerprint density at radius 3 is 2.94 bits per heavy atom. The van der Waals surface area contributed by atoms with Crippen molar-refractivity contribution >= 4 is 0 Å². The molecule has 0 radical (unpaired) electrons. The molecule has 1 atom stereocenters. The topological polar surface area (TPSA) is 55.9 Å². The minimum absolute atomic E-state index is 0.250. The van der Waals surface area contributed by atoms with E-state index in [9.17, 15) is 0 Å². The van der Waals surface area contributed by atoms with Crippen molar-refractivity contribution in [1.82, 2.24) is 15.2 Å². The molecule has 3 N–H and O–H groups in total. The summed E-state index contributed by atoms with van der Waals surface area (Å²) in [6.45, 7) is 3.15. The number of hydrogen-bond acceptors (Lipinski definition) is 3. The number of nitrogens with two attached hydrogens (primary N) is 1. The van der Waals surface area contributed by atoms with Crippen LogP contribution in [0.4, 0.5) is 0 Å². The van der Waals surface area contributed by atoms with Gasteiger partial charge in [-0.3, -0.25) is 16.0 Å². The molecule has 0 bridgehead atoms. The highest BCUT2D eigenvalue weighted by Crippen LogP contribution is 2.31. The van der Waals surface area contributed by atoms with Gasteiger partial charge in [-0.25, -0.2) is 0 Å². The molecule has 2 rings (SSSR count). The summed E-state index contributed by atoms with van der Waals surface area (Å²) in [7, 11) is 0. The van der Waals surface area contributed by atoms with Crippen molar-refractivity contribution in [2.24, 2.45) is 11.8 Å². The van der Waals surface area contributed by atoms with E-state index in [4.69, 9.17) is 5.84 Å². The van der Waals surface area contributed by atoms with Crippen LogP contribution in [0.15, 0.2) is 12.3 Å². The van der Waals surface area contributed by atoms with E-state index in [1.54, 1.807) is 0 Å². The molecule has 4 heteroatoms. The molecule has 0 aromatic carbocycles. The number of nitrogens with one attached hydrogen (secondary N) is 1. The SMILES string of the molecule is CCCn1nccc1C(CCC1CCCC1)NN. The number of hydrogen-bond donors (Lipinski definition) is 2. The van der Waals surface area contributed by atoms with Crippen molar-refractivity contribution < 1.29 is 0 Å². The van der Waals surface area contributed by atoms with Gasteiger partial charge in [0.25, 0.3) is 0 Å². The molecule has 18 heavy (non-hydrogen) atoms. The van der Waals surface area contributed by atoms with Crippen molar-refractivity contribution in [2.45, 2.75) is 64.5 Å². The van der Waals surface area contributed by atoms with Crippen LogP contribution in [0.25, 0.3) is 0 Å². The second-order valence-corrected chi connectivity index (χ2v) is 5.43. The normalized spacial score (nSPS) is 18.3. The van der Waals surface area contributed by atoms with Crippen LogP contribution in [0.1, 0.15) is 63.6 Å². The molecule has 102 valence electrons. The molecular weight excluding hydrogens is 224 g/mol. The molecule has 0 spiro atoms. The van der Waals surface area contributed by atoms with Gasteiger partial charge in [0, 0.05) is 12.7 Å². The third-order valence-corrected chi connectivity index (χ3v) is 4.08. The summed E-state index contributed by atoms with van der Waals surface area (Å²) in [6, 6.07) is 2.34. The molecule has 1 saturated carbocycles. The fraction of sp³-hybridized carbons (Fsp3) is 0.786. The van der Waals surface area contributed by atoms with E-state index in [2.05, 4.69) is 28.2 Å². The van der Waals surface area contributed by atoms with E-state index in [1.807, 2.05) is 6.20 Å². The number of aryl methyl sites for hydroxylation is 1. The Kier molecular flexibility index (Phi) is 5.20. The van der Waals surface area contributed by atoms with Gasteiger partial charge >= 0.3 is 0 Å². The van der Waals surface area contributed by atoms with Gasteiger partial charge in [0.15, 0.2) is 0 Å². The van der Waals surface area contributed by atoms with Gasteiger partial charge in [-0.05, 0) is 31.2 Å². The zero-order valence-corrected chi connectivity index (χ0v) is 11.4. The average Bonchev–Trinajstić information content (AvgIpc) is 3.02. The maximum atomic E-state index is 5.72. The Labute approximate surface area is 110 Å². The van der Waals surface area contributed by atoms with Crippen molar-refractivity contribution in [3.05, 3.63) is 18.0 Å². The highest BCUT2D eigenvalue weighted by atomic mass is 15.3. The number of rotatable bonds is 7. The van der Waals surface area contributed by atoms with Crippen LogP contribution in [0, 0.1) is 5.92 Å². The predicted molar refractivity (Wildman–Crippen MR) is 73.8 cm³/mol. The van der Waals surface area contributed by atoms with Gasteiger partial charge in [0.1, 0.15) is 0 Å². The second kappa shape index (κ2) is 6.90. The first-order valence-corrected chi connectivity index (χ1v) is 7.33. The Bertz CT molecular complexity index is 341. The van der Waals surface area contributed by atoms with Gasteiger partial charge in [0.05, 0.1) is 11.7 Å². The molecule has 1 aromatic rings. The Morgan fingerprint density at radius 1 is 1.50 bits per heavy atom. The Morgan fingerprint density at radius 2 is 2.28 bits per heavy atom. The van der Waals surface area contributed by atoms with Gasteiger partial charge in [0.2, 0.25) is 0 Å². The summed E-state index contributed by atoms with van der Waals surface area (Å²) in [6.07, 6.45) is 11.0. The number of hydrazine groups is 1. The van der Waals surface area contributed by atoms with Gasteiger partial charge in [-0.2, -0.15) is 5.10 Å². The van der Waals surface area contributed by atoms with Crippen molar-refractivity contribution in [3.8, 4) is 0 Å². The molecule has 1 aliphatic carbocycles. The molecular formula is C14H26N4. The van der Waals surface area contributed by atoms with Crippen molar-refractivity contribution in [3.63, 3.8) is 0 Å². The molecule has 0 saturated heterocycles. The fourth-order valence-corrected chi connectivity index (χ4v) is 3.06. The summed E-state index contributed by atoms with van der Waals surface area (Å²) < 4.78 is 2.08. The zero-order chi connectivity index (χ0) is 12.8. The van der Waals surface area contributed by atoms with Gasteiger partial charge in [-0.1, -0.05) is 32.6 Å². The largest absolute Gasteiger partial charge is 0.271 e. The number of aromatic nitrogens is 2. The maximum absolute atomic E-state index is 5.72. The van der Waals surface area contributed by atoms with E-state index in [1.165, 1.54) is 37.8 Å². The standard InChI is InChI=1S/C14H26N4/c1-2-11-18-14(9-10-16-18)13(17-15)8-7-12-5-3-4-6-12/h9-10,12-13,17H,2-8,11,15H2,1H3. The van der Waals surface area contributed by atoms with E-state index in [0.29, 0.717) is 0 Å². The summed E-state index contributed by atoms with van der Waals surface area (Å²) in [5.41, 5.74) is 4.20. The third-order valence-electron chi connectivity index (χ3n) is 4.08. The summed E-state index contributed by atoms with van der Waals surface area (Å²) in [5, 5.41) is 4.38. The van der Waals surface area contributed by atoms with E-state index < -0.39 is 0 Å². The summed E-state index contributed by atoms with van der Waals surface area (Å²) in [4.78, 5) is 0. The minimum atomic E-state index is 0.250. The molecule has 1 aromatic heterocycles. The van der Waals surface area contributed by atoms with Crippen LogP contribution in [0.5, 0.6) is 0 Å². The smallest absolute Gasteiger partial charge is 0.0629 e. The Balaban J connectivity index is 1.91. The fourth-order valence-electron chi connectivity index (χ4n) is 3.06. The molecule has 1 aliphatic rings. The van der Waals surface area contributed by atoms with Gasteiger partial charge < -0.3 is 0 Å². The molecule has 0 amide bonds. The first-order chi connectivity index (χ1) is 8.85. The molecule has 1 fully saturated rings. The van der Waals surface area contributed by atoms with E-state index in [0.717, 1.165) is 25.3 Å². The lowest BCUT2D eigenvalue weighted by Gasteiger charge is -2.19. The Hall–Kier alpha value is -0.870. The lowest BCUT2D eigenvalue weighted by Crippen LogP contribution is -2.30. The summed E-state index contributed by atoms with van der Waals surface area (Å²) in [5.74, 6) is 6.64. The van der Waals surface area contributed by atoms with E-state index in [-0.39, 0.29) is 6.04 Å². The zero-order valence-electron chi connectivity index (χ0n) is 11.4. The van der Waals surface area contributed by atoms with Crippen LogP contribution in [0.3, 0.4) is 0 Å². The first kappa shape index (κ1) is 13.6. The minimum Gasteiger partial charge on any atom is -0.271 e. The maximum Gasteiger partial charge on any atom is 0.0629 e. The van der Waals surface area contributed by atoms with Crippen LogP contribution >= 0.6 is 0 Å². The van der Waals surface area contributed by atoms with E-state index >= 15 is 0 Å².